The topological polar surface area (TPSA) is 45.9 Å². The molecule has 2 atom stereocenters. The molecule has 31 heavy (non-hydrogen) atoms. The number of amides is 1. The number of furan rings is 1. The predicted octanol–water partition coefficient (Wildman–Crippen LogP) is 5.13. The average molecular weight is 427 g/mol. The average Bonchev–Trinajstić information content (AvgIpc) is 3.14. The number of hydrogen-bond acceptors (Lipinski definition) is 4. The Kier molecular flexibility index (Phi) is 7.34. The molecule has 5 heteroatoms. The zero-order valence-corrected chi connectivity index (χ0v) is 19.4. The van der Waals surface area contributed by atoms with Crippen LogP contribution in [-0.2, 0) is 11.2 Å². The molecule has 2 fully saturated rings. The van der Waals surface area contributed by atoms with Gasteiger partial charge in [-0.1, -0.05) is 31.5 Å². The maximum Gasteiger partial charge on any atom is 0.258 e. The zero-order valence-electron chi connectivity index (χ0n) is 19.4. The van der Waals surface area contributed by atoms with Crippen LogP contribution in [0.15, 0.2) is 28.7 Å². The van der Waals surface area contributed by atoms with Crippen molar-refractivity contribution >= 4 is 16.9 Å². The molecule has 2 aliphatic heterocycles. The molecule has 1 aromatic carbocycles. The van der Waals surface area contributed by atoms with Gasteiger partial charge in [-0.3, -0.25) is 9.69 Å². The van der Waals surface area contributed by atoms with Gasteiger partial charge < -0.3 is 14.1 Å². The van der Waals surface area contributed by atoms with Gasteiger partial charge in [0.05, 0.1) is 17.8 Å². The van der Waals surface area contributed by atoms with E-state index >= 15 is 0 Å². The first-order valence-electron chi connectivity index (χ1n) is 12.2. The number of morpholine rings is 1. The van der Waals surface area contributed by atoms with Gasteiger partial charge in [0, 0.05) is 38.0 Å². The normalized spacial score (nSPS) is 23.5. The summed E-state index contributed by atoms with van der Waals surface area (Å²) in [5, 5.41) is 0.969. The number of likely N-dealkylation sites (tertiary alicyclic amines) is 1. The third-order valence-electron chi connectivity index (χ3n) is 6.89. The van der Waals surface area contributed by atoms with E-state index in [4.69, 9.17) is 9.15 Å². The fraction of sp³-hybridized carbons (Fsp3) is 0.654. The number of hydrogen-bond donors (Lipinski definition) is 0. The van der Waals surface area contributed by atoms with Crippen molar-refractivity contribution in [3.8, 4) is 0 Å². The van der Waals surface area contributed by atoms with Crippen molar-refractivity contribution in [3.63, 3.8) is 0 Å². The van der Waals surface area contributed by atoms with Gasteiger partial charge in [0.2, 0.25) is 0 Å². The van der Waals surface area contributed by atoms with Crippen LogP contribution < -0.4 is 0 Å². The van der Waals surface area contributed by atoms with E-state index in [1.54, 1.807) is 0 Å². The van der Waals surface area contributed by atoms with Gasteiger partial charge in [0.15, 0.2) is 0 Å². The molecule has 3 heterocycles. The van der Waals surface area contributed by atoms with Crippen LogP contribution in [-0.4, -0.2) is 60.6 Å². The lowest BCUT2D eigenvalue weighted by atomic mass is 9.92. The van der Waals surface area contributed by atoms with Crippen LogP contribution in [0.2, 0.25) is 0 Å². The second-order valence-electron chi connectivity index (χ2n) is 9.54. The Morgan fingerprint density at radius 3 is 2.52 bits per heavy atom. The Morgan fingerprint density at radius 2 is 1.81 bits per heavy atom. The second-order valence-corrected chi connectivity index (χ2v) is 9.54. The van der Waals surface area contributed by atoms with Crippen molar-refractivity contribution in [2.45, 2.75) is 71.5 Å². The number of aryl methyl sites for hydroxylation is 1. The molecule has 2 aliphatic rings. The van der Waals surface area contributed by atoms with Crippen LogP contribution >= 0.6 is 0 Å². The van der Waals surface area contributed by atoms with Crippen molar-refractivity contribution in [3.05, 3.63) is 35.6 Å². The van der Waals surface area contributed by atoms with Crippen molar-refractivity contribution in [2.24, 2.45) is 5.92 Å². The van der Waals surface area contributed by atoms with Gasteiger partial charge in [-0.15, -0.1) is 0 Å². The Morgan fingerprint density at radius 1 is 1.10 bits per heavy atom. The van der Waals surface area contributed by atoms with E-state index in [-0.39, 0.29) is 5.91 Å². The molecule has 0 unspecified atom stereocenters. The molecular formula is C26H38N2O3. The minimum absolute atomic E-state index is 0.158. The third kappa shape index (κ3) is 5.32. The Balaban J connectivity index is 1.35. The first kappa shape index (κ1) is 22.3. The summed E-state index contributed by atoms with van der Waals surface area (Å²) in [4.78, 5) is 18.1. The van der Waals surface area contributed by atoms with E-state index < -0.39 is 0 Å². The van der Waals surface area contributed by atoms with Crippen LogP contribution in [0.3, 0.4) is 0 Å². The summed E-state index contributed by atoms with van der Waals surface area (Å²) < 4.78 is 11.9. The number of benzene rings is 1. The Bertz CT molecular complexity index is 859. The van der Waals surface area contributed by atoms with E-state index in [9.17, 15) is 4.79 Å². The number of carbonyl (C=O) groups is 1. The van der Waals surface area contributed by atoms with Crippen molar-refractivity contribution < 1.29 is 13.9 Å². The number of piperidine rings is 1. The minimum atomic E-state index is 0.158. The minimum Gasteiger partial charge on any atom is -0.460 e. The van der Waals surface area contributed by atoms with E-state index in [0.29, 0.717) is 18.1 Å². The van der Waals surface area contributed by atoms with Crippen molar-refractivity contribution in [1.82, 2.24) is 9.80 Å². The number of fused-ring (bicyclic) bond motifs is 1. The summed E-state index contributed by atoms with van der Waals surface area (Å²) in [6, 6.07) is 7.97. The van der Waals surface area contributed by atoms with Gasteiger partial charge >= 0.3 is 0 Å². The molecule has 0 aliphatic carbocycles. The molecule has 2 saturated heterocycles. The lowest BCUT2D eigenvalue weighted by molar-refractivity contribution is -0.0693. The van der Waals surface area contributed by atoms with E-state index in [0.717, 1.165) is 87.1 Å². The maximum absolute atomic E-state index is 13.5. The molecule has 0 radical (unpaired) electrons. The van der Waals surface area contributed by atoms with Gasteiger partial charge in [-0.2, -0.15) is 0 Å². The van der Waals surface area contributed by atoms with Crippen LogP contribution in [0.25, 0.3) is 11.0 Å². The van der Waals surface area contributed by atoms with Crippen LogP contribution in [0, 0.1) is 5.92 Å². The molecule has 2 aromatic rings. The predicted molar refractivity (Wildman–Crippen MR) is 125 cm³/mol. The Hall–Kier alpha value is -1.85. The first-order chi connectivity index (χ1) is 15.0. The van der Waals surface area contributed by atoms with E-state index in [2.05, 4.69) is 30.6 Å². The summed E-state index contributed by atoms with van der Waals surface area (Å²) in [7, 11) is 0. The fourth-order valence-electron chi connectivity index (χ4n) is 5.26. The highest BCUT2D eigenvalue weighted by atomic mass is 16.5. The summed E-state index contributed by atoms with van der Waals surface area (Å²) >= 11 is 0. The number of ether oxygens (including phenoxy) is 1. The number of unbranched alkanes of at least 4 members (excludes halogenated alkanes) is 1. The largest absolute Gasteiger partial charge is 0.460 e. The van der Waals surface area contributed by atoms with Crippen molar-refractivity contribution in [2.75, 3.05) is 32.7 Å². The fourth-order valence-corrected chi connectivity index (χ4v) is 5.26. The standard InChI is InChI=1S/C26H38N2O3/c1-4-5-9-24-25(22-8-6-7-10-23(22)31-24)26(29)28-15-12-21(13-16-28)11-14-27-17-19(2)30-20(3)18-27/h6-8,10,19-21H,4-5,9,11-18H2,1-3H3/t19-,20+. The molecule has 0 saturated carbocycles. The summed E-state index contributed by atoms with van der Waals surface area (Å²) in [5.74, 6) is 1.73. The summed E-state index contributed by atoms with van der Waals surface area (Å²) in [6.45, 7) is 11.4. The van der Waals surface area contributed by atoms with Gasteiger partial charge in [-0.05, 0) is 58.1 Å². The van der Waals surface area contributed by atoms with E-state index in [1.807, 2.05) is 24.3 Å². The molecule has 170 valence electrons. The second kappa shape index (κ2) is 10.2. The smallest absolute Gasteiger partial charge is 0.258 e. The van der Waals surface area contributed by atoms with E-state index in [1.165, 1.54) is 6.42 Å². The molecule has 0 bridgehead atoms. The molecule has 0 N–H and O–H groups in total. The quantitative estimate of drug-likeness (QED) is 0.616. The van der Waals surface area contributed by atoms with Crippen LogP contribution in [0.5, 0.6) is 0 Å². The highest BCUT2D eigenvalue weighted by Gasteiger charge is 2.29. The SMILES string of the molecule is CCCCc1oc2ccccc2c1C(=O)N1CCC(CCN2C[C@@H](C)O[C@@H](C)C2)CC1. The number of rotatable bonds is 7. The first-order valence-corrected chi connectivity index (χ1v) is 12.2. The maximum atomic E-state index is 13.5. The lowest BCUT2D eigenvalue weighted by Gasteiger charge is -2.37. The zero-order chi connectivity index (χ0) is 21.8. The monoisotopic (exact) mass is 426 g/mol. The molecule has 0 spiro atoms. The molecule has 1 amide bonds. The third-order valence-corrected chi connectivity index (χ3v) is 6.89. The van der Waals surface area contributed by atoms with Crippen LogP contribution in [0.4, 0.5) is 0 Å². The number of para-hydroxylation sites is 1. The summed E-state index contributed by atoms with van der Waals surface area (Å²) in [5.41, 5.74) is 1.64. The Labute approximate surface area is 186 Å². The van der Waals surface area contributed by atoms with Gasteiger partial charge in [0.1, 0.15) is 11.3 Å². The highest BCUT2D eigenvalue weighted by Crippen LogP contribution is 2.30. The molecule has 4 rings (SSSR count). The van der Waals surface area contributed by atoms with Crippen molar-refractivity contribution in [1.29, 1.82) is 0 Å². The van der Waals surface area contributed by atoms with Crippen LogP contribution in [0.1, 0.15) is 69.0 Å². The lowest BCUT2D eigenvalue weighted by Crippen LogP contribution is -2.46. The van der Waals surface area contributed by atoms with Gasteiger partial charge in [-0.25, -0.2) is 0 Å². The molecule has 1 aromatic heterocycles. The van der Waals surface area contributed by atoms with Gasteiger partial charge in [0.25, 0.3) is 5.91 Å². The highest BCUT2D eigenvalue weighted by molar-refractivity contribution is 6.07. The molecule has 5 nitrogen and oxygen atoms in total. The number of nitrogens with zero attached hydrogens (tertiary/aromatic N) is 2. The molecular weight excluding hydrogens is 388 g/mol. The number of carbonyl (C=O) groups excluding carboxylic acids is 1. The summed E-state index contributed by atoms with van der Waals surface area (Å²) in [6.07, 6.45) is 7.04.